The standard InChI is InChI=1S/C13H13NO6/c1-3-19-13(16)9(2)20-12(15)8-10-4-6-11(7-5-10)14(17)18/h4-7H,2-3,8H2,1H3. The van der Waals surface area contributed by atoms with Gasteiger partial charge in [0.1, 0.15) is 0 Å². The van der Waals surface area contributed by atoms with Crippen molar-refractivity contribution in [2.24, 2.45) is 0 Å². The van der Waals surface area contributed by atoms with Crippen LogP contribution < -0.4 is 0 Å². The molecule has 0 aromatic heterocycles. The van der Waals surface area contributed by atoms with Gasteiger partial charge in [-0.1, -0.05) is 12.1 Å². The molecule has 0 radical (unpaired) electrons. The van der Waals surface area contributed by atoms with Gasteiger partial charge in [0, 0.05) is 12.1 Å². The Labute approximate surface area is 114 Å². The second-order valence-electron chi connectivity index (χ2n) is 3.72. The van der Waals surface area contributed by atoms with Crippen molar-refractivity contribution in [3.05, 3.63) is 52.3 Å². The molecule has 0 amide bonds. The summed E-state index contributed by atoms with van der Waals surface area (Å²) in [4.78, 5) is 32.6. The van der Waals surface area contributed by atoms with Crippen LogP contribution in [0.3, 0.4) is 0 Å². The molecule has 1 aromatic carbocycles. The van der Waals surface area contributed by atoms with E-state index in [1.165, 1.54) is 24.3 Å². The number of hydrogen-bond donors (Lipinski definition) is 0. The maximum Gasteiger partial charge on any atom is 0.373 e. The lowest BCUT2D eigenvalue weighted by Crippen LogP contribution is -2.15. The highest BCUT2D eigenvalue weighted by atomic mass is 16.6. The van der Waals surface area contributed by atoms with Gasteiger partial charge in [-0.2, -0.15) is 0 Å². The predicted octanol–water partition coefficient (Wildman–Crippen LogP) is 1.76. The van der Waals surface area contributed by atoms with Gasteiger partial charge in [-0.3, -0.25) is 14.9 Å². The molecule has 106 valence electrons. The Balaban J connectivity index is 2.56. The Morgan fingerprint density at radius 3 is 2.40 bits per heavy atom. The Morgan fingerprint density at radius 2 is 1.90 bits per heavy atom. The largest absolute Gasteiger partial charge is 0.460 e. The minimum atomic E-state index is -0.801. The summed E-state index contributed by atoms with van der Waals surface area (Å²) in [7, 11) is 0. The highest BCUT2D eigenvalue weighted by Gasteiger charge is 2.15. The van der Waals surface area contributed by atoms with Gasteiger partial charge in [-0.15, -0.1) is 0 Å². The monoisotopic (exact) mass is 279 g/mol. The van der Waals surface area contributed by atoms with Crippen LogP contribution in [0.5, 0.6) is 0 Å². The van der Waals surface area contributed by atoms with E-state index in [1.54, 1.807) is 6.92 Å². The fraction of sp³-hybridized carbons (Fsp3) is 0.231. The van der Waals surface area contributed by atoms with Crippen LogP contribution in [0.25, 0.3) is 0 Å². The second-order valence-corrected chi connectivity index (χ2v) is 3.72. The molecular weight excluding hydrogens is 266 g/mol. The number of esters is 2. The van der Waals surface area contributed by atoms with E-state index in [-0.39, 0.29) is 18.7 Å². The van der Waals surface area contributed by atoms with E-state index in [1.807, 2.05) is 0 Å². The predicted molar refractivity (Wildman–Crippen MR) is 68.7 cm³/mol. The zero-order valence-corrected chi connectivity index (χ0v) is 10.8. The molecule has 0 aliphatic carbocycles. The van der Waals surface area contributed by atoms with Crippen LogP contribution >= 0.6 is 0 Å². The van der Waals surface area contributed by atoms with Gasteiger partial charge in [-0.05, 0) is 19.1 Å². The van der Waals surface area contributed by atoms with E-state index in [0.29, 0.717) is 5.56 Å². The summed E-state index contributed by atoms with van der Waals surface area (Å²) in [6, 6.07) is 5.44. The molecule has 0 aliphatic rings. The molecule has 0 aliphatic heterocycles. The van der Waals surface area contributed by atoms with Crippen molar-refractivity contribution in [1.82, 2.24) is 0 Å². The van der Waals surface area contributed by atoms with Gasteiger partial charge in [0.15, 0.2) is 0 Å². The zero-order valence-electron chi connectivity index (χ0n) is 10.8. The van der Waals surface area contributed by atoms with Crippen LogP contribution in [0.4, 0.5) is 5.69 Å². The first-order chi connectivity index (χ1) is 9.43. The number of rotatable bonds is 6. The molecule has 0 fully saturated rings. The van der Waals surface area contributed by atoms with Crippen molar-refractivity contribution in [1.29, 1.82) is 0 Å². The van der Waals surface area contributed by atoms with Crippen LogP contribution in [0.15, 0.2) is 36.6 Å². The second kappa shape index (κ2) is 7.03. The topological polar surface area (TPSA) is 95.7 Å². The molecular formula is C13H13NO6. The van der Waals surface area contributed by atoms with Crippen LogP contribution in [-0.4, -0.2) is 23.5 Å². The van der Waals surface area contributed by atoms with E-state index in [0.717, 1.165) is 0 Å². The molecule has 7 heteroatoms. The van der Waals surface area contributed by atoms with Gasteiger partial charge >= 0.3 is 11.9 Å². The average molecular weight is 279 g/mol. The van der Waals surface area contributed by atoms with Gasteiger partial charge in [0.05, 0.1) is 18.0 Å². The number of carbonyl (C=O) groups excluding carboxylic acids is 2. The highest BCUT2D eigenvalue weighted by molar-refractivity contribution is 5.89. The molecule has 7 nitrogen and oxygen atoms in total. The molecule has 20 heavy (non-hydrogen) atoms. The van der Waals surface area contributed by atoms with E-state index in [9.17, 15) is 19.7 Å². The number of nitrogens with zero attached hydrogens (tertiary/aromatic N) is 1. The van der Waals surface area contributed by atoms with E-state index < -0.39 is 22.6 Å². The Bertz CT molecular complexity index is 534. The summed E-state index contributed by atoms with van der Waals surface area (Å²) >= 11 is 0. The first kappa shape index (κ1) is 15.4. The summed E-state index contributed by atoms with van der Waals surface area (Å²) in [5, 5.41) is 10.5. The summed E-state index contributed by atoms with van der Waals surface area (Å²) in [6.45, 7) is 5.05. The molecule has 0 saturated heterocycles. The first-order valence-electron chi connectivity index (χ1n) is 5.74. The number of nitro groups is 1. The average Bonchev–Trinajstić information content (AvgIpc) is 2.39. The van der Waals surface area contributed by atoms with Crippen molar-refractivity contribution >= 4 is 17.6 Å². The molecule has 0 saturated carbocycles. The fourth-order valence-electron chi connectivity index (χ4n) is 1.33. The van der Waals surface area contributed by atoms with Crippen LogP contribution in [-0.2, 0) is 25.5 Å². The van der Waals surface area contributed by atoms with Gasteiger partial charge in [0.2, 0.25) is 5.76 Å². The smallest absolute Gasteiger partial charge is 0.373 e. The third kappa shape index (κ3) is 4.52. The van der Waals surface area contributed by atoms with Crippen molar-refractivity contribution in [2.75, 3.05) is 6.61 Å². The van der Waals surface area contributed by atoms with Crippen molar-refractivity contribution in [2.45, 2.75) is 13.3 Å². The summed E-state index contributed by atoms with van der Waals surface area (Å²) in [5.74, 6) is -1.89. The molecule has 0 heterocycles. The van der Waals surface area contributed by atoms with Crippen molar-refractivity contribution < 1.29 is 24.0 Å². The normalized spacial score (nSPS) is 9.65. The van der Waals surface area contributed by atoms with Crippen LogP contribution in [0, 0.1) is 10.1 Å². The van der Waals surface area contributed by atoms with Crippen molar-refractivity contribution in [3.63, 3.8) is 0 Å². The molecule has 1 rings (SSSR count). The molecule has 1 aromatic rings. The quantitative estimate of drug-likeness (QED) is 0.259. The lowest BCUT2D eigenvalue weighted by atomic mass is 10.1. The lowest BCUT2D eigenvalue weighted by Gasteiger charge is -2.06. The number of non-ortho nitro benzene ring substituents is 1. The van der Waals surface area contributed by atoms with Gasteiger partial charge in [0.25, 0.3) is 5.69 Å². The van der Waals surface area contributed by atoms with E-state index in [2.05, 4.69) is 11.3 Å². The van der Waals surface area contributed by atoms with Gasteiger partial charge in [-0.25, -0.2) is 4.79 Å². The number of nitro benzene ring substituents is 1. The summed E-state index contributed by atoms with van der Waals surface area (Å²) in [6.07, 6.45) is -0.129. The summed E-state index contributed by atoms with van der Waals surface area (Å²) in [5.41, 5.74) is 0.454. The minimum absolute atomic E-state index is 0.0712. The number of hydrogen-bond acceptors (Lipinski definition) is 6. The van der Waals surface area contributed by atoms with Crippen LogP contribution in [0.1, 0.15) is 12.5 Å². The number of carbonyl (C=O) groups is 2. The minimum Gasteiger partial charge on any atom is -0.460 e. The number of benzene rings is 1. The number of ether oxygens (including phenoxy) is 2. The maximum atomic E-state index is 11.5. The lowest BCUT2D eigenvalue weighted by molar-refractivity contribution is -0.384. The SMILES string of the molecule is C=C(OC(=O)Cc1ccc([N+](=O)[O-])cc1)C(=O)OCC. The Kier molecular flexibility index (Phi) is 5.40. The zero-order chi connectivity index (χ0) is 15.1. The Hall–Kier alpha value is -2.70. The molecule has 0 unspecified atom stereocenters. The van der Waals surface area contributed by atoms with Crippen molar-refractivity contribution in [3.8, 4) is 0 Å². The Morgan fingerprint density at radius 1 is 1.30 bits per heavy atom. The van der Waals surface area contributed by atoms with Gasteiger partial charge < -0.3 is 9.47 Å². The maximum absolute atomic E-state index is 11.5. The fourth-order valence-corrected chi connectivity index (χ4v) is 1.33. The van der Waals surface area contributed by atoms with E-state index >= 15 is 0 Å². The molecule has 0 bridgehead atoms. The third-order valence-corrected chi connectivity index (χ3v) is 2.24. The molecule has 0 spiro atoms. The first-order valence-corrected chi connectivity index (χ1v) is 5.74. The molecule has 0 N–H and O–H groups in total. The summed E-state index contributed by atoms with van der Waals surface area (Å²) < 4.78 is 9.31. The molecule has 0 atom stereocenters. The third-order valence-electron chi connectivity index (χ3n) is 2.24. The van der Waals surface area contributed by atoms with E-state index in [4.69, 9.17) is 4.74 Å². The van der Waals surface area contributed by atoms with Crippen LogP contribution in [0.2, 0.25) is 0 Å². The highest BCUT2D eigenvalue weighted by Crippen LogP contribution is 2.13.